The van der Waals surface area contributed by atoms with Crippen molar-refractivity contribution in [2.75, 3.05) is 6.61 Å². The highest BCUT2D eigenvalue weighted by Gasteiger charge is 2.14. The van der Waals surface area contributed by atoms with Crippen LogP contribution in [0.1, 0.15) is 32.3 Å². The molecule has 0 spiro atoms. The third-order valence-electron chi connectivity index (χ3n) is 4.72. The Hall–Kier alpha value is -2.65. The van der Waals surface area contributed by atoms with E-state index in [1.54, 1.807) is 0 Å². The van der Waals surface area contributed by atoms with Crippen molar-refractivity contribution in [3.8, 4) is 17.0 Å². The number of halogens is 1. The topological polar surface area (TPSA) is 35.0 Å². The lowest BCUT2D eigenvalue weighted by Gasteiger charge is -2.15. The molecule has 2 aromatic carbocycles. The molecule has 4 heteroatoms. The molecule has 2 aromatic heterocycles. The predicted octanol–water partition coefficient (Wildman–Crippen LogP) is 6.63. The van der Waals surface area contributed by atoms with Gasteiger partial charge in [-0.2, -0.15) is 0 Å². The summed E-state index contributed by atoms with van der Waals surface area (Å²) in [4.78, 5) is 9.27. The van der Waals surface area contributed by atoms with Gasteiger partial charge in [0.1, 0.15) is 5.15 Å². The lowest BCUT2D eigenvalue weighted by molar-refractivity contribution is 0.328. The zero-order chi connectivity index (χ0) is 19.0. The monoisotopic (exact) mass is 376 g/mol. The van der Waals surface area contributed by atoms with Crippen LogP contribution in [0.25, 0.3) is 32.9 Å². The highest BCUT2D eigenvalue weighted by atomic mass is 35.5. The Bertz CT molecular complexity index is 1140. The van der Waals surface area contributed by atoms with Crippen LogP contribution in [0.2, 0.25) is 5.15 Å². The Labute approximate surface area is 164 Å². The van der Waals surface area contributed by atoms with Crippen LogP contribution in [0.15, 0.2) is 54.6 Å². The van der Waals surface area contributed by atoms with Crippen LogP contribution in [0.4, 0.5) is 0 Å². The van der Waals surface area contributed by atoms with Crippen LogP contribution in [0.3, 0.4) is 0 Å². The minimum Gasteiger partial charge on any atom is -0.478 e. The van der Waals surface area contributed by atoms with Gasteiger partial charge in [0.05, 0.1) is 17.6 Å². The van der Waals surface area contributed by atoms with Crippen molar-refractivity contribution in [2.45, 2.75) is 26.7 Å². The van der Waals surface area contributed by atoms with Crippen LogP contribution in [-0.2, 0) is 0 Å². The zero-order valence-corrected chi connectivity index (χ0v) is 16.4. The Morgan fingerprint density at radius 2 is 1.78 bits per heavy atom. The first-order chi connectivity index (χ1) is 13.1. The molecule has 136 valence electrons. The number of ether oxygens (including phenoxy) is 1. The van der Waals surface area contributed by atoms with Crippen molar-refractivity contribution in [3.05, 3.63) is 65.3 Å². The second-order valence-electron chi connectivity index (χ2n) is 6.89. The first-order valence-corrected chi connectivity index (χ1v) is 9.57. The van der Waals surface area contributed by atoms with Gasteiger partial charge in [-0.25, -0.2) is 9.97 Å². The van der Waals surface area contributed by atoms with Crippen LogP contribution in [-0.4, -0.2) is 16.6 Å². The zero-order valence-electron chi connectivity index (χ0n) is 15.7. The fourth-order valence-corrected chi connectivity index (χ4v) is 3.66. The van der Waals surface area contributed by atoms with Crippen LogP contribution < -0.4 is 4.74 Å². The molecule has 4 aromatic rings. The summed E-state index contributed by atoms with van der Waals surface area (Å²) in [5, 5.41) is 2.71. The van der Waals surface area contributed by atoms with Crippen LogP contribution in [0, 0.1) is 0 Å². The maximum Gasteiger partial charge on any atom is 0.213 e. The van der Waals surface area contributed by atoms with Crippen LogP contribution >= 0.6 is 11.6 Å². The normalized spacial score (nSPS) is 11.4. The van der Waals surface area contributed by atoms with Crippen molar-refractivity contribution < 1.29 is 4.74 Å². The molecular formula is C23H21ClN2O. The summed E-state index contributed by atoms with van der Waals surface area (Å²) in [6, 6.07) is 18.4. The fraction of sp³-hybridized carbons (Fsp3) is 0.217. The van der Waals surface area contributed by atoms with E-state index < -0.39 is 0 Å². The smallest absolute Gasteiger partial charge is 0.213 e. The van der Waals surface area contributed by atoms with E-state index in [2.05, 4.69) is 49.2 Å². The van der Waals surface area contributed by atoms with Gasteiger partial charge in [0.25, 0.3) is 0 Å². The SMILES string of the molecule is CCOc1ccc2c(C(C)C)cc(-c3cc4ccccc4nc3Cl)cc2n1. The average molecular weight is 377 g/mol. The number of pyridine rings is 2. The summed E-state index contributed by atoms with van der Waals surface area (Å²) in [6.07, 6.45) is 0. The summed E-state index contributed by atoms with van der Waals surface area (Å²) < 4.78 is 5.59. The number of benzene rings is 2. The molecule has 0 radical (unpaired) electrons. The van der Waals surface area contributed by atoms with E-state index in [9.17, 15) is 0 Å². The number of fused-ring (bicyclic) bond motifs is 2. The number of nitrogens with zero attached hydrogens (tertiary/aromatic N) is 2. The highest BCUT2D eigenvalue weighted by Crippen LogP contribution is 2.35. The summed E-state index contributed by atoms with van der Waals surface area (Å²) in [7, 11) is 0. The van der Waals surface area contributed by atoms with E-state index in [-0.39, 0.29) is 0 Å². The van der Waals surface area contributed by atoms with E-state index in [0.717, 1.165) is 32.9 Å². The second-order valence-corrected chi connectivity index (χ2v) is 7.25. The Morgan fingerprint density at radius 3 is 2.56 bits per heavy atom. The van der Waals surface area contributed by atoms with E-state index in [1.165, 1.54) is 5.56 Å². The molecule has 0 fully saturated rings. The molecular weight excluding hydrogens is 356 g/mol. The summed E-state index contributed by atoms with van der Waals surface area (Å²) in [5.74, 6) is 0.999. The Kier molecular flexibility index (Phi) is 4.71. The maximum atomic E-state index is 6.55. The quantitative estimate of drug-likeness (QED) is 0.375. The molecule has 0 atom stereocenters. The third kappa shape index (κ3) is 3.35. The fourth-order valence-electron chi connectivity index (χ4n) is 3.40. The summed E-state index contributed by atoms with van der Waals surface area (Å²) >= 11 is 6.55. The van der Waals surface area contributed by atoms with Crippen LogP contribution in [0.5, 0.6) is 5.88 Å². The lowest BCUT2D eigenvalue weighted by Crippen LogP contribution is -1.97. The highest BCUT2D eigenvalue weighted by molar-refractivity contribution is 6.32. The van der Waals surface area contributed by atoms with Crippen molar-refractivity contribution in [1.29, 1.82) is 0 Å². The van der Waals surface area contributed by atoms with Crippen molar-refractivity contribution in [2.24, 2.45) is 0 Å². The minimum absolute atomic E-state index is 0.361. The summed E-state index contributed by atoms with van der Waals surface area (Å²) in [5.41, 5.74) is 4.99. The van der Waals surface area contributed by atoms with Crippen molar-refractivity contribution >= 4 is 33.4 Å². The van der Waals surface area contributed by atoms with E-state index in [1.807, 2.05) is 31.2 Å². The molecule has 0 bridgehead atoms. The molecule has 0 amide bonds. The molecule has 0 saturated carbocycles. The minimum atomic E-state index is 0.361. The first kappa shape index (κ1) is 17.7. The van der Waals surface area contributed by atoms with E-state index >= 15 is 0 Å². The predicted molar refractivity (Wildman–Crippen MR) is 113 cm³/mol. The molecule has 0 aliphatic rings. The van der Waals surface area contributed by atoms with E-state index in [0.29, 0.717) is 23.6 Å². The van der Waals surface area contributed by atoms with Gasteiger partial charge in [-0.1, -0.05) is 49.7 Å². The molecule has 0 N–H and O–H groups in total. The van der Waals surface area contributed by atoms with Gasteiger partial charge < -0.3 is 4.74 Å². The van der Waals surface area contributed by atoms with Gasteiger partial charge in [-0.3, -0.25) is 0 Å². The molecule has 0 aliphatic heterocycles. The molecule has 27 heavy (non-hydrogen) atoms. The lowest BCUT2D eigenvalue weighted by atomic mass is 9.93. The van der Waals surface area contributed by atoms with Gasteiger partial charge >= 0.3 is 0 Å². The van der Waals surface area contributed by atoms with Gasteiger partial charge in [0.2, 0.25) is 5.88 Å². The molecule has 4 rings (SSSR count). The number of hydrogen-bond donors (Lipinski definition) is 0. The Balaban J connectivity index is 1.97. The van der Waals surface area contributed by atoms with Gasteiger partial charge in [0, 0.05) is 22.4 Å². The number of para-hydroxylation sites is 1. The second kappa shape index (κ2) is 7.16. The number of rotatable bonds is 4. The average Bonchev–Trinajstić information content (AvgIpc) is 2.66. The number of aromatic nitrogens is 2. The molecule has 2 heterocycles. The third-order valence-corrected chi connectivity index (χ3v) is 5.00. The number of hydrogen-bond acceptors (Lipinski definition) is 3. The van der Waals surface area contributed by atoms with Crippen molar-refractivity contribution in [3.63, 3.8) is 0 Å². The molecule has 3 nitrogen and oxygen atoms in total. The molecule has 0 saturated heterocycles. The van der Waals surface area contributed by atoms with E-state index in [4.69, 9.17) is 21.3 Å². The molecule has 0 aliphatic carbocycles. The van der Waals surface area contributed by atoms with Crippen molar-refractivity contribution in [1.82, 2.24) is 9.97 Å². The molecule has 0 unspecified atom stereocenters. The summed E-state index contributed by atoms with van der Waals surface area (Å²) in [6.45, 7) is 6.93. The standard InChI is InChI=1S/C23H21ClN2O/c1-4-27-22-10-9-17-18(14(2)3)12-16(13-21(17)25-22)19-11-15-7-5-6-8-20(15)26-23(19)24/h5-14H,4H2,1-3H3. The Morgan fingerprint density at radius 1 is 0.963 bits per heavy atom. The first-order valence-electron chi connectivity index (χ1n) is 9.20. The van der Waals surface area contributed by atoms with Gasteiger partial charge in [-0.05, 0) is 48.2 Å². The van der Waals surface area contributed by atoms with Gasteiger partial charge in [-0.15, -0.1) is 0 Å². The maximum absolute atomic E-state index is 6.55. The van der Waals surface area contributed by atoms with Gasteiger partial charge in [0.15, 0.2) is 0 Å². The largest absolute Gasteiger partial charge is 0.478 e.